The average Bonchev–Trinajstić information content (AvgIpc) is 2.68. The summed E-state index contributed by atoms with van der Waals surface area (Å²) in [5, 5.41) is 13.1. The highest BCUT2D eigenvalue weighted by Crippen LogP contribution is 2.29. The molecule has 2 nitrogen and oxygen atoms in total. The SMILES string of the molecule is Cc1ccc(C#N)cc1NC1CCSC1C. The number of anilines is 1. The van der Waals surface area contributed by atoms with Gasteiger partial charge in [0.2, 0.25) is 0 Å². The van der Waals surface area contributed by atoms with Crippen molar-refractivity contribution in [1.82, 2.24) is 0 Å². The van der Waals surface area contributed by atoms with Gasteiger partial charge < -0.3 is 5.32 Å². The maximum absolute atomic E-state index is 8.88. The monoisotopic (exact) mass is 232 g/mol. The maximum atomic E-state index is 8.88. The third-order valence-corrected chi connectivity index (χ3v) is 4.41. The van der Waals surface area contributed by atoms with Crippen LogP contribution in [-0.4, -0.2) is 17.0 Å². The second-order valence-corrected chi connectivity index (χ2v) is 5.74. The average molecular weight is 232 g/mol. The smallest absolute Gasteiger partial charge is 0.0992 e. The molecule has 1 aromatic rings. The number of benzene rings is 1. The molecule has 84 valence electrons. The quantitative estimate of drug-likeness (QED) is 0.850. The third-order valence-electron chi connectivity index (χ3n) is 3.08. The van der Waals surface area contributed by atoms with E-state index in [1.165, 1.54) is 17.7 Å². The summed E-state index contributed by atoms with van der Waals surface area (Å²) < 4.78 is 0. The first kappa shape index (κ1) is 11.3. The zero-order chi connectivity index (χ0) is 11.5. The lowest BCUT2D eigenvalue weighted by Crippen LogP contribution is -2.25. The molecule has 2 atom stereocenters. The van der Waals surface area contributed by atoms with Crippen LogP contribution in [0, 0.1) is 18.3 Å². The third kappa shape index (κ3) is 2.33. The Balaban J connectivity index is 2.17. The highest BCUT2D eigenvalue weighted by molar-refractivity contribution is 8.00. The minimum absolute atomic E-state index is 0.539. The zero-order valence-corrected chi connectivity index (χ0v) is 10.5. The second-order valence-electron chi connectivity index (χ2n) is 4.26. The summed E-state index contributed by atoms with van der Waals surface area (Å²) in [5.41, 5.74) is 3.05. The van der Waals surface area contributed by atoms with Crippen LogP contribution >= 0.6 is 11.8 Å². The summed E-state index contributed by atoms with van der Waals surface area (Å²) in [6.45, 7) is 4.34. The Morgan fingerprint density at radius 1 is 1.50 bits per heavy atom. The molecule has 1 saturated heterocycles. The van der Waals surface area contributed by atoms with Crippen molar-refractivity contribution in [3.8, 4) is 6.07 Å². The standard InChI is InChI=1S/C13H16N2S/c1-9-3-4-11(8-14)7-13(9)15-12-5-6-16-10(12)2/h3-4,7,10,12,15H,5-6H2,1-2H3. The van der Waals surface area contributed by atoms with Crippen LogP contribution in [0.25, 0.3) is 0 Å². The lowest BCUT2D eigenvalue weighted by atomic mass is 10.1. The minimum atomic E-state index is 0.539. The molecule has 1 N–H and O–H groups in total. The number of hydrogen-bond donors (Lipinski definition) is 1. The predicted molar refractivity (Wildman–Crippen MR) is 69.8 cm³/mol. The van der Waals surface area contributed by atoms with E-state index >= 15 is 0 Å². The van der Waals surface area contributed by atoms with Crippen molar-refractivity contribution in [1.29, 1.82) is 5.26 Å². The van der Waals surface area contributed by atoms with Gasteiger partial charge in [-0.3, -0.25) is 0 Å². The number of nitriles is 1. The van der Waals surface area contributed by atoms with Gasteiger partial charge in [-0.25, -0.2) is 0 Å². The van der Waals surface area contributed by atoms with Crippen molar-refractivity contribution in [2.45, 2.75) is 31.6 Å². The molecule has 1 aliphatic rings. The van der Waals surface area contributed by atoms with E-state index in [0.29, 0.717) is 11.3 Å². The van der Waals surface area contributed by atoms with Crippen molar-refractivity contribution in [3.05, 3.63) is 29.3 Å². The van der Waals surface area contributed by atoms with Crippen LogP contribution in [0.4, 0.5) is 5.69 Å². The zero-order valence-electron chi connectivity index (χ0n) is 9.66. The second kappa shape index (κ2) is 4.80. The summed E-state index contributed by atoms with van der Waals surface area (Å²) in [4.78, 5) is 0. The van der Waals surface area contributed by atoms with Crippen LogP contribution < -0.4 is 5.32 Å². The molecule has 0 aromatic heterocycles. The van der Waals surface area contributed by atoms with Crippen LogP contribution in [0.5, 0.6) is 0 Å². The van der Waals surface area contributed by atoms with Crippen molar-refractivity contribution >= 4 is 17.4 Å². The molecular formula is C13H16N2S. The minimum Gasteiger partial charge on any atom is -0.381 e. The fourth-order valence-corrected chi connectivity index (χ4v) is 3.17. The number of rotatable bonds is 2. The summed E-state index contributed by atoms with van der Waals surface area (Å²) in [5.74, 6) is 1.23. The van der Waals surface area contributed by atoms with Gasteiger partial charge in [0.25, 0.3) is 0 Å². The Morgan fingerprint density at radius 3 is 2.94 bits per heavy atom. The molecule has 0 spiro atoms. The van der Waals surface area contributed by atoms with Gasteiger partial charge in [0.15, 0.2) is 0 Å². The van der Waals surface area contributed by atoms with E-state index in [1.54, 1.807) is 0 Å². The topological polar surface area (TPSA) is 35.8 Å². The van der Waals surface area contributed by atoms with Crippen molar-refractivity contribution in [2.24, 2.45) is 0 Å². The van der Waals surface area contributed by atoms with E-state index in [4.69, 9.17) is 5.26 Å². The van der Waals surface area contributed by atoms with E-state index in [1.807, 2.05) is 30.0 Å². The fraction of sp³-hybridized carbons (Fsp3) is 0.462. The molecule has 1 aliphatic heterocycles. The van der Waals surface area contributed by atoms with Crippen molar-refractivity contribution < 1.29 is 0 Å². The molecule has 3 heteroatoms. The number of nitrogens with one attached hydrogen (secondary N) is 1. The van der Waals surface area contributed by atoms with Crippen LogP contribution in [0.1, 0.15) is 24.5 Å². The number of thioether (sulfide) groups is 1. The summed E-state index contributed by atoms with van der Waals surface area (Å²) in [6, 6.07) is 8.55. The number of nitrogens with zero attached hydrogens (tertiary/aromatic N) is 1. The summed E-state index contributed by atoms with van der Waals surface area (Å²) in [6.07, 6.45) is 1.21. The van der Waals surface area contributed by atoms with Gasteiger partial charge in [-0.15, -0.1) is 0 Å². The molecule has 2 unspecified atom stereocenters. The van der Waals surface area contributed by atoms with E-state index in [2.05, 4.69) is 25.2 Å². The van der Waals surface area contributed by atoms with Gasteiger partial charge in [-0.05, 0) is 36.8 Å². The molecule has 0 bridgehead atoms. The van der Waals surface area contributed by atoms with Crippen LogP contribution in [0.15, 0.2) is 18.2 Å². The molecule has 2 rings (SSSR count). The highest BCUT2D eigenvalue weighted by atomic mass is 32.2. The van der Waals surface area contributed by atoms with Gasteiger partial charge in [0, 0.05) is 17.0 Å². The molecule has 1 fully saturated rings. The van der Waals surface area contributed by atoms with Gasteiger partial charge in [-0.1, -0.05) is 13.0 Å². The maximum Gasteiger partial charge on any atom is 0.0992 e. The van der Waals surface area contributed by atoms with E-state index in [0.717, 1.165) is 11.3 Å². The van der Waals surface area contributed by atoms with E-state index in [9.17, 15) is 0 Å². The molecule has 1 aromatic carbocycles. The molecule has 0 saturated carbocycles. The van der Waals surface area contributed by atoms with Gasteiger partial charge in [0.05, 0.1) is 11.6 Å². The molecule has 16 heavy (non-hydrogen) atoms. The normalized spacial score (nSPS) is 24.1. The first-order valence-electron chi connectivity index (χ1n) is 5.59. The Bertz CT molecular complexity index is 422. The van der Waals surface area contributed by atoms with Crippen molar-refractivity contribution in [2.75, 3.05) is 11.1 Å². The first-order chi connectivity index (χ1) is 7.70. The summed E-state index contributed by atoms with van der Waals surface area (Å²) in [7, 11) is 0. The van der Waals surface area contributed by atoms with Crippen molar-refractivity contribution in [3.63, 3.8) is 0 Å². The van der Waals surface area contributed by atoms with Gasteiger partial charge in [0.1, 0.15) is 0 Å². The van der Waals surface area contributed by atoms with Crippen LogP contribution in [-0.2, 0) is 0 Å². The number of aryl methyl sites for hydroxylation is 1. The first-order valence-corrected chi connectivity index (χ1v) is 6.64. The molecule has 0 radical (unpaired) electrons. The highest BCUT2D eigenvalue weighted by Gasteiger charge is 2.23. The van der Waals surface area contributed by atoms with Crippen LogP contribution in [0.3, 0.4) is 0 Å². The Hall–Kier alpha value is -1.14. The van der Waals surface area contributed by atoms with Crippen LogP contribution in [0.2, 0.25) is 0 Å². The van der Waals surface area contributed by atoms with Gasteiger partial charge >= 0.3 is 0 Å². The lowest BCUT2D eigenvalue weighted by molar-refractivity contribution is 0.723. The fourth-order valence-electron chi connectivity index (χ4n) is 1.97. The predicted octanol–water partition coefficient (Wildman–Crippen LogP) is 3.17. The summed E-state index contributed by atoms with van der Waals surface area (Å²) >= 11 is 2.01. The lowest BCUT2D eigenvalue weighted by Gasteiger charge is -2.19. The Morgan fingerprint density at radius 2 is 2.31 bits per heavy atom. The molecule has 0 aliphatic carbocycles. The Kier molecular flexibility index (Phi) is 3.40. The molecule has 0 amide bonds. The number of hydrogen-bond acceptors (Lipinski definition) is 3. The molecular weight excluding hydrogens is 216 g/mol. The van der Waals surface area contributed by atoms with E-state index < -0.39 is 0 Å². The van der Waals surface area contributed by atoms with Gasteiger partial charge in [-0.2, -0.15) is 17.0 Å². The van der Waals surface area contributed by atoms with E-state index in [-0.39, 0.29) is 0 Å². The molecule has 1 heterocycles. The largest absolute Gasteiger partial charge is 0.381 e. The Labute approximate surface area is 101 Å².